The van der Waals surface area contributed by atoms with Crippen molar-refractivity contribution in [2.75, 3.05) is 37.0 Å². The molecule has 1 aliphatic heterocycles. The first-order valence-corrected chi connectivity index (χ1v) is 12.6. The molecule has 5 rings (SSSR count). The van der Waals surface area contributed by atoms with Gasteiger partial charge in [-0.05, 0) is 62.8 Å². The van der Waals surface area contributed by atoms with Crippen LogP contribution in [0.1, 0.15) is 57.1 Å². The van der Waals surface area contributed by atoms with Crippen LogP contribution in [0.15, 0.2) is 30.6 Å². The third-order valence-corrected chi connectivity index (χ3v) is 7.08. The monoisotopic (exact) mass is 478 g/mol. The molecule has 2 fully saturated rings. The minimum Gasteiger partial charge on any atom is -0.393 e. The number of aliphatic hydroxyl groups excluding tert-OH is 1. The number of carbonyl (C=O) groups is 1. The number of carbonyl (C=O) groups excluding carboxylic acids is 1. The van der Waals surface area contributed by atoms with Crippen LogP contribution in [0.5, 0.6) is 0 Å². The number of hydrogen-bond acceptors (Lipinski definition) is 8. The van der Waals surface area contributed by atoms with E-state index in [0.29, 0.717) is 31.4 Å². The van der Waals surface area contributed by atoms with Gasteiger partial charge in [-0.15, -0.1) is 5.10 Å². The van der Waals surface area contributed by atoms with Crippen molar-refractivity contribution in [2.45, 2.75) is 63.5 Å². The molecule has 0 bridgehead atoms. The Morgan fingerprint density at radius 1 is 1.23 bits per heavy atom. The Kier molecular flexibility index (Phi) is 6.97. The second kappa shape index (κ2) is 10.3. The van der Waals surface area contributed by atoms with E-state index in [2.05, 4.69) is 32.3 Å². The van der Waals surface area contributed by atoms with Crippen molar-refractivity contribution in [2.24, 2.45) is 0 Å². The SMILES string of the molecule is COC[C@H](C)Nc1ncc2c(-c3ccnc(N4CCCC(=O)C4)c3)cc(C3CCC(O)CC3)n2n1. The van der Waals surface area contributed by atoms with E-state index in [0.717, 1.165) is 66.8 Å². The Hall–Kier alpha value is -3.04. The van der Waals surface area contributed by atoms with Crippen LogP contribution in [-0.2, 0) is 9.53 Å². The molecule has 3 aromatic rings. The van der Waals surface area contributed by atoms with E-state index in [1.165, 1.54) is 0 Å². The van der Waals surface area contributed by atoms with Gasteiger partial charge in [-0.1, -0.05) is 0 Å². The number of fused-ring (bicyclic) bond motifs is 1. The number of rotatable bonds is 7. The average Bonchev–Trinajstić information content (AvgIpc) is 3.24. The van der Waals surface area contributed by atoms with Gasteiger partial charge in [-0.25, -0.2) is 14.5 Å². The van der Waals surface area contributed by atoms with Crippen LogP contribution in [0.3, 0.4) is 0 Å². The highest BCUT2D eigenvalue weighted by atomic mass is 16.5. The van der Waals surface area contributed by atoms with Gasteiger partial charge in [0, 0.05) is 49.5 Å². The maximum atomic E-state index is 12.0. The van der Waals surface area contributed by atoms with Gasteiger partial charge in [0.15, 0.2) is 5.78 Å². The zero-order valence-corrected chi connectivity index (χ0v) is 20.5. The van der Waals surface area contributed by atoms with Crippen LogP contribution in [0.4, 0.5) is 11.8 Å². The molecule has 2 N–H and O–H groups in total. The lowest BCUT2D eigenvalue weighted by molar-refractivity contribution is -0.118. The van der Waals surface area contributed by atoms with Gasteiger partial charge >= 0.3 is 0 Å². The highest BCUT2D eigenvalue weighted by molar-refractivity contribution is 5.86. The zero-order chi connectivity index (χ0) is 24.4. The van der Waals surface area contributed by atoms with Gasteiger partial charge < -0.3 is 20.1 Å². The molecule has 9 heteroatoms. The normalized spacial score (nSPS) is 21.9. The van der Waals surface area contributed by atoms with E-state index in [-0.39, 0.29) is 17.9 Å². The van der Waals surface area contributed by atoms with Crippen LogP contribution in [0.25, 0.3) is 16.6 Å². The van der Waals surface area contributed by atoms with Crippen molar-refractivity contribution in [3.05, 3.63) is 36.3 Å². The Balaban J connectivity index is 1.54. The first kappa shape index (κ1) is 23.7. The second-order valence-corrected chi connectivity index (χ2v) is 9.83. The molecule has 1 saturated heterocycles. The van der Waals surface area contributed by atoms with Gasteiger partial charge in [0.2, 0.25) is 5.95 Å². The van der Waals surface area contributed by atoms with Crippen molar-refractivity contribution < 1.29 is 14.6 Å². The molecular weight excluding hydrogens is 444 g/mol. The Morgan fingerprint density at radius 2 is 2.06 bits per heavy atom. The summed E-state index contributed by atoms with van der Waals surface area (Å²) in [6.45, 7) is 3.85. The molecule has 4 heterocycles. The van der Waals surface area contributed by atoms with Crippen molar-refractivity contribution in [3.8, 4) is 11.1 Å². The molecule has 35 heavy (non-hydrogen) atoms. The summed E-state index contributed by atoms with van der Waals surface area (Å²) in [5, 5.41) is 18.2. The zero-order valence-electron chi connectivity index (χ0n) is 20.5. The topological polar surface area (TPSA) is 105 Å². The predicted molar refractivity (Wildman–Crippen MR) is 135 cm³/mol. The molecule has 1 aliphatic carbocycles. The van der Waals surface area contributed by atoms with Crippen molar-refractivity contribution in [3.63, 3.8) is 0 Å². The van der Waals surface area contributed by atoms with Gasteiger partial charge in [0.1, 0.15) is 5.82 Å². The molecule has 0 radical (unpaired) electrons. The summed E-state index contributed by atoms with van der Waals surface area (Å²) in [6.07, 6.45) is 8.44. The number of piperidine rings is 1. The van der Waals surface area contributed by atoms with Gasteiger partial charge in [0.25, 0.3) is 0 Å². The number of aliphatic hydroxyl groups is 1. The van der Waals surface area contributed by atoms with E-state index in [4.69, 9.17) is 9.84 Å². The number of hydrogen-bond donors (Lipinski definition) is 2. The van der Waals surface area contributed by atoms with Gasteiger partial charge in [0.05, 0.1) is 31.0 Å². The van der Waals surface area contributed by atoms with Crippen LogP contribution in [0, 0.1) is 0 Å². The minimum atomic E-state index is -0.214. The van der Waals surface area contributed by atoms with Crippen LogP contribution >= 0.6 is 0 Å². The minimum absolute atomic E-state index is 0.0794. The van der Waals surface area contributed by atoms with Crippen molar-refractivity contribution >= 4 is 23.1 Å². The van der Waals surface area contributed by atoms with E-state index in [1.807, 2.05) is 29.9 Å². The fourth-order valence-electron chi connectivity index (χ4n) is 5.28. The number of pyridine rings is 1. The van der Waals surface area contributed by atoms with Crippen LogP contribution < -0.4 is 10.2 Å². The fourth-order valence-corrected chi connectivity index (χ4v) is 5.28. The Labute approximate surface area is 205 Å². The first-order valence-electron chi connectivity index (χ1n) is 12.6. The molecule has 2 aliphatic rings. The molecule has 0 unspecified atom stereocenters. The maximum absolute atomic E-state index is 12.0. The molecule has 0 spiro atoms. The third kappa shape index (κ3) is 5.16. The number of ketones is 1. The highest BCUT2D eigenvalue weighted by Crippen LogP contribution is 2.38. The summed E-state index contributed by atoms with van der Waals surface area (Å²) < 4.78 is 7.25. The average molecular weight is 479 g/mol. The molecule has 3 aromatic heterocycles. The summed E-state index contributed by atoms with van der Waals surface area (Å²) in [4.78, 5) is 23.2. The van der Waals surface area contributed by atoms with E-state index < -0.39 is 0 Å². The summed E-state index contributed by atoms with van der Waals surface area (Å²) in [7, 11) is 1.68. The quantitative estimate of drug-likeness (QED) is 0.532. The largest absolute Gasteiger partial charge is 0.393 e. The number of nitrogens with one attached hydrogen (secondary N) is 1. The van der Waals surface area contributed by atoms with E-state index >= 15 is 0 Å². The molecule has 1 atom stereocenters. The van der Waals surface area contributed by atoms with Crippen LogP contribution in [0.2, 0.25) is 0 Å². The molecule has 0 amide bonds. The van der Waals surface area contributed by atoms with Crippen LogP contribution in [-0.4, -0.2) is 69.4 Å². The summed E-state index contributed by atoms with van der Waals surface area (Å²) >= 11 is 0. The fraction of sp³-hybridized carbons (Fsp3) is 0.538. The van der Waals surface area contributed by atoms with Gasteiger partial charge in [-0.3, -0.25) is 4.79 Å². The molecule has 1 saturated carbocycles. The lowest BCUT2D eigenvalue weighted by Gasteiger charge is -2.27. The van der Waals surface area contributed by atoms with E-state index in [1.54, 1.807) is 7.11 Å². The summed E-state index contributed by atoms with van der Waals surface area (Å²) in [5.74, 6) is 1.96. The predicted octanol–water partition coefficient (Wildman–Crippen LogP) is 3.43. The van der Waals surface area contributed by atoms with Crippen molar-refractivity contribution in [1.29, 1.82) is 0 Å². The molecular formula is C26H34N6O3. The van der Waals surface area contributed by atoms with Gasteiger partial charge in [-0.2, -0.15) is 0 Å². The Bertz CT molecular complexity index is 1190. The van der Waals surface area contributed by atoms with E-state index in [9.17, 15) is 9.90 Å². The molecule has 186 valence electrons. The number of ether oxygens (including phenoxy) is 1. The third-order valence-electron chi connectivity index (χ3n) is 7.08. The number of nitrogens with zero attached hydrogens (tertiary/aromatic N) is 5. The standard InChI is InChI=1S/C26H34N6O3/c1-17(16-35-2)29-26-28-14-24-22(13-23(32(24)30-26)18-5-7-20(33)8-6-18)19-9-10-27-25(12-19)31-11-3-4-21(34)15-31/h9-10,12-14,17-18,20,33H,3-8,11,15-16H2,1-2H3,(H,29,30)/t17-,18?,20?/m0/s1. The number of anilines is 2. The number of aromatic nitrogens is 4. The smallest absolute Gasteiger partial charge is 0.241 e. The molecule has 0 aromatic carbocycles. The highest BCUT2D eigenvalue weighted by Gasteiger charge is 2.26. The summed E-state index contributed by atoms with van der Waals surface area (Å²) in [6, 6.07) is 6.37. The lowest BCUT2D eigenvalue weighted by atomic mass is 9.85. The maximum Gasteiger partial charge on any atom is 0.241 e. The number of methoxy groups -OCH3 is 1. The summed E-state index contributed by atoms with van der Waals surface area (Å²) in [5.41, 5.74) is 4.15. The first-order chi connectivity index (χ1) is 17.0. The number of Topliss-reactive ketones (excluding diaryl/α,β-unsaturated/α-hetero) is 1. The molecule has 9 nitrogen and oxygen atoms in total. The second-order valence-electron chi connectivity index (χ2n) is 9.83. The van der Waals surface area contributed by atoms with Crippen molar-refractivity contribution in [1.82, 2.24) is 19.6 Å². The lowest BCUT2D eigenvalue weighted by Crippen LogP contribution is -2.36. The Morgan fingerprint density at radius 3 is 2.83 bits per heavy atom.